The summed E-state index contributed by atoms with van der Waals surface area (Å²) >= 11 is 3.55. The van der Waals surface area contributed by atoms with Crippen molar-refractivity contribution in [3.8, 4) is 0 Å². The highest BCUT2D eigenvalue weighted by Gasteiger charge is 2.22. The van der Waals surface area contributed by atoms with Crippen LogP contribution in [0.2, 0.25) is 0 Å². The van der Waals surface area contributed by atoms with E-state index in [0.717, 1.165) is 28.6 Å². The molecule has 0 heterocycles. The van der Waals surface area contributed by atoms with Gasteiger partial charge in [0.2, 0.25) is 0 Å². The highest BCUT2D eigenvalue weighted by molar-refractivity contribution is 9.10. The predicted molar refractivity (Wildman–Crippen MR) is 80.0 cm³/mol. The number of halogens is 2. The van der Waals surface area contributed by atoms with Crippen LogP contribution >= 0.6 is 15.9 Å². The molecule has 19 heavy (non-hydrogen) atoms. The van der Waals surface area contributed by atoms with Crippen molar-refractivity contribution in [1.29, 1.82) is 0 Å². The molecule has 1 N–H and O–H groups in total. The number of aryl methyl sites for hydroxylation is 2. The van der Waals surface area contributed by atoms with Crippen molar-refractivity contribution in [2.24, 2.45) is 0 Å². The average Bonchev–Trinajstić information content (AvgIpc) is 2.76. The lowest BCUT2D eigenvalue weighted by atomic mass is 10.1. The fourth-order valence-corrected chi connectivity index (χ4v) is 3.00. The maximum absolute atomic E-state index is 13.2. The molecule has 0 fully saturated rings. The van der Waals surface area contributed by atoms with Crippen molar-refractivity contribution in [1.82, 2.24) is 0 Å². The van der Waals surface area contributed by atoms with E-state index in [2.05, 4.69) is 46.4 Å². The lowest BCUT2D eigenvalue weighted by Crippen LogP contribution is -2.07. The van der Waals surface area contributed by atoms with E-state index in [0.29, 0.717) is 0 Å². The maximum atomic E-state index is 13.2. The van der Waals surface area contributed by atoms with Crippen molar-refractivity contribution >= 4 is 21.6 Å². The number of nitrogens with one attached hydrogen (secondary N) is 1. The minimum absolute atomic E-state index is 0.141. The second-order valence-corrected chi connectivity index (χ2v) is 5.90. The Morgan fingerprint density at radius 1 is 1.21 bits per heavy atom. The Balaban J connectivity index is 1.84. The van der Waals surface area contributed by atoms with Crippen molar-refractivity contribution in [3.05, 3.63) is 63.4 Å². The zero-order chi connectivity index (χ0) is 13.4. The molecule has 3 heteroatoms. The third-order valence-electron chi connectivity index (χ3n) is 3.70. The van der Waals surface area contributed by atoms with Gasteiger partial charge in [-0.25, -0.2) is 4.39 Å². The van der Waals surface area contributed by atoms with Gasteiger partial charge in [-0.3, -0.25) is 0 Å². The van der Waals surface area contributed by atoms with Crippen LogP contribution in [-0.2, 0) is 6.42 Å². The summed E-state index contributed by atoms with van der Waals surface area (Å²) in [6, 6.07) is 11.7. The first-order valence-electron chi connectivity index (χ1n) is 6.44. The SMILES string of the molecule is Cc1ccc(NC2CCc3cc(F)ccc32)cc1Br. The zero-order valence-corrected chi connectivity index (χ0v) is 12.3. The largest absolute Gasteiger partial charge is 0.378 e. The average molecular weight is 320 g/mol. The molecule has 0 amide bonds. The molecule has 0 spiro atoms. The maximum Gasteiger partial charge on any atom is 0.123 e. The van der Waals surface area contributed by atoms with Gasteiger partial charge >= 0.3 is 0 Å². The molecule has 2 aromatic carbocycles. The molecular weight excluding hydrogens is 305 g/mol. The van der Waals surface area contributed by atoms with Gasteiger partial charge in [-0.1, -0.05) is 28.1 Å². The summed E-state index contributed by atoms with van der Waals surface area (Å²) in [7, 11) is 0. The summed E-state index contributed by atoms with van der Waals surface area (Å²) in [6.45, 7) is 2.07. The summed E-state index contributed by atoms with van der Waals surface area (Å²) in [4.78, 5) is 0. The van der Waals surface area contributed by atoms with Gasteiger partial charge in [0, 0.05) is 10.2 Å². The summed E-state index contributed by atoms with van der Waals surface area (Å²) in [6.07, 6.45) is 1.96. The molecule has 1 atom stereocenters. The minimum Gasteiger partial charge on any atom is -0.378 e. The number of rotatable bonds is 2. The van der Waals surface area contributed by atoms with E-state index < -0.39 is 0 Å². The van der Waals surface area contributed by atoms with Gasteiger partial charge in [0.1, 0.15) is 5.82 Å². The molecule has 0 aliphatic heterocycles. The Hall–Kier alpha value is -1.35. The highest BCUT2D eigenvalue weighted by Crippen LogP contribution is 2.34. The molecule has 0 bridgehead atoms. The second-order valence-electron chi connectivity index (χ2n) is 5.04. The fourth-order valence-electron chi connectivity index (χ4n) is 2.62. The van der Waals surface area contributed by atoms with E-state index in [-0.39, 0.29) is 11.9 Å². The summed E-state index contributed by atoms with van der Waals surface area (Å²) in [5.41, 5.74) is 4.67. The van der Waals surface area contributed by atoms with Crippen LogP contribution in [0.5, 0.6) is 0 Å². The molecule has 0 aromatic heterocycles. The minimum atomic E-state index is -0.141. The highest BCUT2D eigenvalue weighted by atomic mass is 79.9. The summed E-state index contributed by atoms with van der Waals surface area (Å²) in [5, 5.41) is 3.53. The van der Waals surface area contributed by atoms with Crippen LogP contribution in [0.4, 0.5) is 10.1 Å². The monoisotopic (exact) mass is 319 g/mol. The Morgan fingerprint density at radius 2 is 2.05 bits per heavy atom. The van der Waals surface area contributed by atoms with Crippen molar-refractivity contribution in [3.63, 3.8) is 0 Å². The number of anilines is 1. The van der Waals surface area contributed by atoms with Gasteiger partial charge < -0.3 is 5.32 Å². The Kier molecular flexibility index (Phi) is 3.31. The molecule has 0 saturated heterocycles. The van der Waals surface area contributed by atoms with Crippen LogP contribution in [-0.4, -0.2) is 0 Å². The van der Waals surface area contributed by atoms with Crippen LogP contribution in [0, 0.1) is 12.7 Å². The molecule has 1 nitrogen and oxygen atoms in total. The first kappa shape index (κ1) is 12.7. The van der Waals surface area contributed by atoms with Crippen molar-refractivity contribution in [2.75, 3.05) is 5.32 Å². The molecule has 1 aliphatic rings. The quantitative estimate of drug-likeness (QED) is 0.821. The molecular formula is C16H15BrFN. The molecule has 1 unspecified atom stereocenters. The molecule has 0 radical (unpaired) electrons. The fraction of sp³-hybridized carbons (Fsp3) is 0.250. The van der Waals surface area contributed by atoms with Gasteiger partial charge in [-0.2, -0.15) is 0 Å². The lowest BCUT2D eigenvalue weighted by molar-refractivity contribution is 0.626. The molecule has 3 rings (SSSR count). The lowest BCUT2D eigenvalue weighted by Gasteiger charge is -2.16. The van der Waals surface area contributed by atoms with Gasteiger partial charge in [0.05, 0.1) is 6.04 Å². The smallest absolute Gasteiger partial charge is 0.123 e. The van der Waals surface area contributed by atoms with Gasteiger partial charge in [0.15, 0.2) is 0 Å². The third kappa shape index (κ3) is 2.52. The van der Waals surface area contributed by atoms with Crippen LogP contribution in [0.3, 0.4) is 0 Å². The first-order chi connectivity index (χ1) is 9.13. The Bertz CT molecular complexity index is 624. The van der Waals surface area contributed by atoms with Gasteiger partial charge in [0.25, 0.3) is 0 Å². The topological polar surface area (TPSA) is 12.0 Å². The summed E-state index contributed by atoms with van der Waals surface area (Å²) < 4.78 is 14.3. The van der Waals surface area contributed by atoms with E-state index in [1.165, 1.54) is 11.1 Å². The molecule has 98 valence electrons. The zero-order valence-electron chi connectivity index (χ0n) is 10.7. The van der Waals surface area contributed by atoms with Crippen molar-refractivity contribution in [2.45, 2.75) is 25.8 Å². The second kappa shape index (κ2) is 4.97. The van der Waals surface area contributed by atoms with E-state index in [4.69, 9.17) is 0 Å². The van der Waals surface area contributed by atoms with Gasteiger partial charge in [-0.05, 0) is 60.7 Å². The predicted octanol–water partition coefficient (Wildman–Crippen LogP) is 5.00. The Morgan fingerprint density at radius 3 is 2.84 bits per heavy atom. The molecule has 1 aliphatic carbocycles. The number of hydrogen-bond donors (Lipinski definition) is 1. The Labute approximate surface area is 121 Å². The van der Waals surface area contributed by atoms with Crippen LogP contribution in [0.1, 0.15) is 29.2 Å². The first-order valence-corrected chi connectivity index (χ1v) is 7.24. The van der Waals surface area contributed by atoms with Crippen LogP contribution in [0.15, 0.2) is 40.9 Å². The van der Waals surface area contributed by atoms with E-state index in [9.17, 15) is 4.39 Å². The number of benzene rings is 2. The normalized spacial score (nSPS) is 17.3. The number of hydrogen-bond acceptors (Lipinski definition) is 1. The van der Waals surface area contributed by atoms with Crippen LogP contribution in [0.25, 0.3) is 0 Å². The standard InChI is InChI=1S/C16H15BrFN/c1-10-2-5-13(9-15(10)17)19-16-7-3-11-8-12(18)4-6-14(11)16/h2,4-6,8-9,16,19H,3,7H2,1H3. The molecule has 2 aromatic rings. The van der Waals surface area contributed by atoms with Crippen molar-refractivity contribution < 1.29 is 4.39 Å². The van der Waals surface area contributed by atoms with E-state index >= 15 is 0 Å². The van der Waals surface area contributed by atoms with Gasteiger partial charge in [-0.15, -0.1) is 0 Å². The number of fused-ring (bicyclic) bond motifs is 1. The third-order valence-corrected chi connectivity index (χ3v) is 4.55. The van der Waals surface area contributed by atoms with E-state index in [1.807, 2.05) is 6.07 Å². The van der Waals surface area contributed by atoms with E-state index in [1.54, 1.807) is 12.1 Å². The summed E-state index contributed by atoms with van der Waals surface area (Å²) in [5.74, 6) is -0.141. The van der Waals surface area contributed by atoms with Crippen LogP contribution < -0.4 is 5.32 Å². The molecule has 0 saturated carbocycles.